The Morgan fingerprint density at radius 2 is 1.66 bits per heavy atom. The van der Waals surface area contributed by atoms with Crippen LogP contribution in [-0.2, 0) is 9.59 Å². The first-order valence-corrected chi connectivity index (χ1v) is 10.7. The molecule has 1 aliphatic heterocycles. The van der Waals surface area contributed by atoms with E-state index in [4.69, 9.17) is 11.6 Å². The molecule has 160 valence electrons. The fourth-order valence-corrected chi connectivity index (χ4v) is 4.72. The minimum absolute atomic E-state index is 0.135. The standard InChI is InChI=1S/C25H19ClN2O4/c1-13-20(26)11-10-16-19(25(31)32)12-21(27-22(13)16)14-6-8-15(9-7-14)28-23(29)17-4-2-3-5-18(17)24(28)30/h2-3,6-12,17-18H,4-5H2,1H3,(H,31,32). The Balaban J connectivity index is 1.55. The fourth-order valence-electron chi connectivity index (χ4n) is 4.57. The van der Waals surface area contributed by atoms with E-state index in [1.54, 1.807) is 43.3 Å². The van der Waals surface area contributed by atoms with Gasteiger partial charge in [-0.15, -0.1) is 0 Å². The first-order chi connectivity index (χ1) is 15.4. The molecule has 0 saturated carbocycles. The summed E-state index contributed by atoms with van der Waals surface area (Å²) in [6.07, 6.45) is 5.09. The lowest BCUT2D eigenvalue weighted by atomic mass is 9.85. The van der Waals surface area contributed by atoms with Crippen LogP contribution in [0.1, 0.15) is 28.8 Å². The molecule has 32 heavy (non-hydrogen) atoms. The number of hydrogen-bond acceptors (Lipinski definition) is 4. The molecule has 1 aliphatic carbocycles. The first kappa shape index (κ1) is 20.4. The third-order valence-corrected chi connectivity index (χ3v) is 6.74. The normalized spacial score (nSPS) is 20.1. The molecule has 1 fully saturated rings. The number of carboxylic acids is 1. The predicted octanol–water partition coefficient (Wildman–Crippen LogP) is 5.02. The molecule has 3 aromatic rings. The van der Waals surface area contributed by atoms with E-state index in [2.05, 4.69) is 4.98 Å². The molecule has 7 heteroatoms. The minimum atomic E-state index is -1.05. The van der Waals surface area contributed by atoms with Crippen molar-refractivity contribution in [1.82, 2.24) is 4.98 Å². The third kappa shape index (κ3) is 3.10. The van der Waals surface area contributed by atoms with Crippen molar-refractivity contribution < 1.29 is 19.5 Å². The van der Waals surface area contributed by atoms with Crippen molar-refractivity contribution in [2.75, 3.05) is 4.90 Å². The number of fused-ring (bicyclic) bond motifs is 2. The number of aryl methyl sites for hydroxylation is 1. The maximum atomic E-state index is 12.8. The molecule has 0 radical (unpaired) electrons. The summed E-state index contributed by atoms with van der Waals surface area (Å²) in [5.41, 5.74) is 3.03. The zero-order chi connectivity index (χ0) is 22.6. The zero-order valence-electron chi connectivity index (χ0n) is 17.2. The predicted molar refractivity (Wildman–Crippen MR) is 122 cm³/mol. The van der Waals surface area contributed by atoms with Crippen LogP contribution in [0.3, 0.4) is 0 Å². The molecule has 2 unspecified atom stereocenters. The summed E-state index contributed by atoms with van der Waals surface area (Å²) in [5, 5.41) is 10.7. The van der Waals surface area contributed by atoms with Gasteiger partial charge in [0.2, 0.25) is 11.8 Å². The van der Waals surface area contributed by atoms with Crippen LogP contribution in [0.5, 0.6) is 0 Å². The van der Waals surface area contributed by atoms with Gasteiger partial charge in [-0.05, 0) is 49.6 Å². The highest BCUT2D eigenvalue weighted by atomic mass is 35.5. The minimum Gasteiger partial charge on any atom is -0.478 e. The molecule has 1 N–H and O–H groups in total. The molecule has 6 nitrogen and oxygen atoms in total. The largest absolute Gasteiger partial charge is 0.478 e. The van der Waals surface area contributed by atoms with Gasteiger partial charge in [-0.1, -0.05) is 42.0 Å². The second-order valence-electron chi connectivity index (χ2n) is 8.14. The van der Waals surface area contributed by atoms with Crippen LogP contribution in [-0.4, -0.2) is 27.9 Å². The Hall–Kier alpha value is -3.51. The summed E-state index contributed by atoms with van der Waals surface area (Å²) in [6.45, 7) is 1.80. The SMILES string of the molecule is Cc1c(Cl)ccc2c(C(=O)O)cc(-c3ccc(N4C(=O)C5CC=CCC5C4=O)cc3)nc12. The molecule has 2 aromatic carbocycles. The smallest absolute Gasteiger partial charge is 0.336 e. The van der Waals surface area contributed by atoms with Crippen molar-refractivity contribution in [1.29, 1.82) is 0 Å². The lowest BCUT2D eigenvalue weighted by Crippen LogP contribution is -2.30. The lowest BCUT2D eigenvalue weighted by Gasteiger charge is -2.15. The number of aromatic carboxylic acids is 1. The van der Waals surface area contributed by atoms with E-state index in [1.165, 1.54) is 11.0 Å². The average molecular weight is 447 g/mol. The monoisotopic (exact) mass is 446 g/mol. The number of carbonyl (C=O) groups excluding carboxylic acids is 2. The van der Waals surface area contributed by atoms with Crippen molar-refractivity contribution >= 4 is 46.0 Å². The van der Waals surface area contributed by atoms with E-state index < -0.39 is 5.97 Å². The Kier molecular flexibility index (Phi) is 4.82. The number of aromatic nitrogens is 1. The van der Waals surface area contributed by atoms with Crippen molar-refractivity contribution in [3.05, 3.63) is 70.8 Å². The maximum absolute atomic E-state index is 12.8. The van der Waals surface area contributed by atoms with E-state index in [0.29, 0.717) is 51.3 Å². The van der Waals surface area contributed by atoms with Gasteiger partial charge in [0, 0.05) is 16.0 Å². The van der Waals surface area contributed by atoms with Gasteiger partial charge in [0.05, 0.1) is 34.3 Å². The van der Waals surface area contributed by atoms with Crippen LogP contribution >= 0.6 is 11.6 Å². The molecule has 2 heterocycles. The molecular weight excluding hydrogens is 428 g/mol. The second kappa shape index (κ2) is 7.57. The van der Waals surface area contributed by atoms with Crippen LogP contribution in [0.25, 0.3) is 22.2 Å². The van der Waals surface area contributed by atoms with E-state index in [9.17, 15) is 19.5 Å². The number of carboxylic acid groups (broad SMARTS) is 1. The topological polar surface area (TPSA) is 87.6 Å². The number of allylic oxidation sites excluding steroid dienone is 2. The van der Waals surface area contributed by atoms with Crippen LogP contribution in [0.15, 0.2) is 54.6 Å². The van der Waals surface area contributed by atoms with Crippen LogP contribution in [0, 0.1) is 18.8 Å². The van der Waals surface area contributed by atoms with Gasteiger partial charge >= 0.3 is 5.97 Å². The number of amides is 2. The highest BCUT2D eigenvalue weighted by Crippen LogP contribution is 2.38. The average Bonchev–Trinajstić information content (AvgIpc) is 3.06. The molecular formula is C25H19ClN2O4. The summed E-state index contributed by atoms with van der Waals surface area (Å²) in [5.74, 6) is -1.97. The number of anilines is 1. The summed E-state index contributed by atoms with van der Waals surface area (Å²) >= 11 is 6.23. The van der Waals surface area contributed by atoms with Crippen molar-refractivity contribution in [2.45, 2.75) is 19.8 Å². The molecule has 2 atom stereocenters. The number of nitrogens with zero attached hydrogens (tertiary/aromatic N) is 2. The highest BCUT2D eigenvalue weighted by Gasteiger charge is 2.47. The van der Waals surface area contributed by atoms with Gasteiger partial charge < -0.3 is 5.11 Å². The molecule has 1 aromatic heterocycles. The van der Waals surface area contributed by atoms with E-state index in [1.807, 2.05) is 12.2 Å². The van der Waals surface area contributed by atoms with Crippen molar-refractivity contribution in [3.8, 4) is 11.3 Å². The van der Waals surface area contributed by atoms with Gasteiger partial charge in [-0.25, -0.2) is 9.78 Å². The van der Waals surface area contributed by atoms with Gasteiger partial charge in [0.1, 0.15) is 0 Å². The van der Waals surface area contributed by atoms with Gasteiger partial charge in [-0.2, -0.15) is 0 Å². The van der Waals surface area contributed by atoms with Gasteiger partial charge in [-0.3, -0.25) is 14.5 Å². The Morgan fingerprint density at radius 1 is 1.03 bits per heavy atom. The summed E-state index contributed by atoms with van der Waals surface area (Å²) < 4.78 is 0. The lowest BCUT2D eigenvalue weighted by molar-refractivity contribution is -0.122. The number of benzene rings is 2. The van der Waals surface area contributed by atoms with E-state index >= 15 is 0 Å². The fraction of sp³-hybridized carbons (Fsp3) is 0.200. The summed E-state index contributed by atoms with van der Waals surface area (Å²) in [6, 6.07) is 11.7. The summed E-state index contributed by atoms with van der Waals surface area (Å²) in [7, 11) is 0. The Bertz CT molecular complexity index is 1300. The summed E-state index contributed by atoms with van der Waals surface area (Å²) in [4.78, 5) is 43.4. The number of imide groups is 1. The van der Waals surface area contributed by atoms with Gasteiger partial charge in [0.15, 0.2) is 0 Å². The van der Waals surface area contributed by atoms with E-state index in [0.717, 1.165) is 0 Å². The number of pyridine rings is 1. The zero-order valence-corrected chi connectivity index (χ0v) is 18.0. The quantitative estimate of drug-likeness (QED) is 0.451. The first-order valence-electron chi connectivity index (χ1n) is 10.3. The third-order valence-electron chi connectivity index (χ3n) is 6.33. The molecule has 5 rings (SSSR count). The number of hydrogen-bond donors (Lipinski definition) is 1. The Morgan fingerprint density at radius 3 is 2.25 bits per heavy atom. The van der Waals surface area contributed by atoms with Crippen LogP contribution in [0.4, 0.5) is 5.69 Å². The molecule has 2 aliphatic rings. The van der Waals surface area contributed by atoms with Crippen molar-refractivity contribution in [3.63, 3.8) is 0 Å². The maximum Gasteiger partial charge on any atom is 0.336 e. The van der Waals surface area contributed by atoms with Gasteiger partial charge in [0.25, 0.3) is 0 Å². The molecule has 2 amide bonds. The van der Waals surface area contributed by atoms with Crippen LogP contribution < -0.4 is 4.90 Å². The number of rotatable bonds is 3. The van der Waals surface area contributed by atoms with Crippen LogP contribution in [0.2, 0.25) is 5.02 Å². The van der Waals surface area contributed by atoms with E-state index in [-0.39, 0.29) is 29.2 Å². The molecule has 0 spiro atoms. The van der Waals surface area contributed by atoms with Crippen molar-refractivity contribution in [2.24, 2.45) is 11.8 Å². The number of halogens is 1. The highest BCUT2D eigenvalue weighted by molar-refractivity contribution is 6.32. The Labute approximate surface area is 189 Å². The molecule has 1 saturated heterocycles. The second-order valence-corrected chi connectivity index (χ2v) is 8.55. The number of carbonyl (C=O) groups is 3. The molecule has 0 bridgehead atoms.